The highest BCUT2D eigenvalue weighted by atomic mass is 16.5. The average molecular weight is 921 g/mol. The van der Waals surface area contributed by atoms with Crippen LogP contribution in [0.1, 0.15) is 113 Å². The van der Waals surface area contributed by atoms with Gasteiger partial charge < -0.3 is 19.9 Å². The summed E-state index contributed by atoms with van der Waals surface area (Å²) in [5.41, 5.74) is 6.34. The number of anilines is 3. The van der Waals surface area contributed by atoms with Gasteiger partial charge in [0, 0.05) is 82.5 Å². The summed E-state index contributed by atoms with van der Waals surface area (Å²) in [5, 5.41) is 3.94. The number of hydrogen-bond donors (Lipinski definition) is 1. The minimum atomic E-state index is -0.581. The maximum atomic E-state index is 13.6. The van der Waals surface area contributed by atoms with Crippen LogP contribution in [-0.4, -0.2) is 128 Å². The number of Topliss-reactive ketones (excluding diaryl/α,β-unsaturated/α-hetero) is 1. The summed E-state index contributed by atoms with van der Waals surface area (Å²) >= 11 is 0. The fourth-order valence-electron chi connectivity index (χ4n) is 11.0. The minimum Gasteiger partial charge on any atom is -0.492 e. The molecule has 16 heteroatoms. The van der Waals surface area contributed by atoms with E-state index in [1.165, 1.54) is 25.1 Å². The van der Waals surface area contributed by atoms with Gasteiger partial charge >= 0.3 is 0 Å². The van der Waals surface area contributed by atoms with E-state index in [1.807, 2.05) is 18.3 Å². The first-order valence-electron chi connectivity index (χ1n) is 24.3. The lowest BCUT2D eigenvalue weighted by molar-refractivity contribution is -0.150. The van der Waals surface area contributed by atoms with Crippen molar-refractivity contribution in [3.8, 4) is 5.75 Å². The number of aryl methyl sites for hydroxylation is 1. The highest BCUT2D eigenvalue weighted by Gasteiger charge is 2.41. The Kier molecular flexibility index (Phi) is 12.8. The molecule has 0 bridgehead atoms. The second kappa shape index (κ2) is 19.2. The van der Waals surface area contributed by atoms with E-state index in [1.54, 1.807) is 22.6 Å². The monoisotopic (exact) mass is 920 g/mol. The molecule has 2 aromatic carbocycles. The van der Waals surface area contributed by atoms with Crippen molar-refractivity contribution in [1.82, 2.24) is 39.1 Å². The largest absolute Gasteiger partial charge is 0.492 e. The van der Waals surface area contributed by atoms with E-state index in [9.17, 15) is 24.0 Å². The number of piperidine rings is 2. The molecule has 7 heterocycles. The van der Waals surface area contributed by atoms with Crippen molar-refractivity contribution in [1.29, 1.82) is 0 Å². The summed E-state index contributed by atoms with van der Waals surface area (Å²) in [6.45, 7) is 11.6. The zero-order valence-electron chi connectivity index (χ0n) is 39.3. The Morgan fingerprint density at radius 2 is 1.60 bits per heavy atom. The molecular formula is C52H60N10O6. The molecule has 354 valence electrons. The molecule has 5 aromatic rings. The van der Waals surface area contributed by atoms with Crippen molar-refractivity contribution in [3.05, 3.63) is 111 Å². The third-order valence-corrected chi connectivity index (χ3v) is 15.0. The fraction of sp³-hybridized carbons (Fsp3) is 0.462. The molecule has 1 unspecified atom stereocenters. The van der Waals surface area contributed by atoms with Gasteiger partial charge in [-0.25, -0.2) is 9.97 Å². The standard InChI is InChI=1S/C52H60N10O6/c1-33-43-30-54-52(56-48(43)62(39-6-4-5-7-39)51(67)47(33)34(2)63)55-45-16-11-40(29-53-45)60-24-22-58(23-25-60)26-27-68-41-12-8-35(9-13-41)31-59-20-18-36(19-21-59)37-10-14-42-38(28-37)32-61(49(42)65)44-15-17-46(64)57(3)50(44)66/h8-14,16,28-30,36,39,44H,4-7,15,17-27,31-32H2,1-3H3,(H,53,54,55,56). The molecule has 1 saturated carbocycles. The van der Waals surface area contributed by atoms with Gasteiger partial charge in [0.2, 0.25) is 11.9 Å². The number of aromatic nitrogens is 4. The van der Waals surface area contributed by atoms with Gasteiger partial charge in [-0.2, -0.15) is 4.98 Å². The lowest BCUT2D eigenvalue weighted by atomic mass is 9.87. The van der Waals surface area contributed by atoms with Crippen molar-refractivity contribution >= 4 is 52.0 Å². The van der Waals surface area contributed by atoms with Gasteiger partial charge in [-0.1, -0.05) is 37.1 Å². The van der Waals surface area contributed by atoms with Crippen LogP contribution < -0.4 is 20.5 Å². The van der Waals surface area contributed by atoms with E-state index in [0.717, 1.165) is 113 Å². The van der Waals surface area contributed by atoms with E-state index < -0.39 is 6.04 Å². The van der Waals surface area contributed by atoms with Crippen molar-refractivity contribution in [3.63, 3.8) is 0 Å². The number of likely N-dealkylation sites (N-methyl/N-ethyl adjacent to an activating group) is 1. The number of rotatable bonds is 13. The number of piperazine rings is 1. The summed E-state index contributed by atoms with van der Waals surface area (Å²) < 4.78 is 7.91. The third-order valence-electron chi connectivity index (χ3n) is 15.0. The maximum Gasteiger partial charge on any atom is 0.263 e. The number of likely N-dealkylation sites (tertiary alicyclic amines) is 2. The number of benzene rings is 2. The number of carbonyl (C=O) groups excluding carboxylic acids is 4. The molecule has 1 aliphatic carbocycles. The van der Waals surface area contributed by atoms with Crippen molar-refractivity contribution < 1.29 is 23.9 Å². The van der Waals surface area contributed by atoms with Crippen LogP contribution in [0.25, 0.3) is 11.0 Å². The van der Waals surface area contributed by atoms with E-state index >= 15 is 0 Å². The first kappa shape index (κ1) is 45.3. The summed E-state index contributed by atoms with van der Waals surface area (Å²) in [5.74, 6) is 1.43. The maximum absolute atomic E-state index is 13.6. The fourth-order valence-corrected chi connectivity index (χ4v) is 11.0. The predicted octanol–water partition coefficient (Wildman–Crippen LogP) is 6.24. The number of ketones is 1. The van der Waals surface area contributed by atoms with Crippen LogP contribution in [-0.2, 0) is 22.7 Å². The molecule has 1 N–H and O–H groups in total. The number of ether oxygens (including phenoxy) is 1. The molecule has 3 amide bonds. The van der Waals surface area contributed by atoms with Crippen LogP contribution in [0.3, 0.4) is 0 Å². The number of fused-ring (bicyclic) bond motifs is 2. The normalized spacial score (nSPS) is 19.9. The highest BCUT2D eigenvalue weighted by molar-refractivity contribution is 6.05. The Hall–Kier alpha value is -6.52. The number of pyridine rings is 2. The topological polar surface area (TPSA) is 166 Å². The van der Waals surface area contributed by atoms with Crippen molar-refractivity contribution in [2.45, 2.75) is 96.3 Å². The molecule has 0 spiro atoms. The van der Waals surface area contributed by atoms with Gasteiger partial charge in [0.1, 0.15) is 29.9 Å². The quantitative estimate of drug-likeness (QED) is 0.104. The minimum absolute atomic E-state index is 0.0140. The Labute approximate surface area is 396 Å². The SMILES string of the molecule is CC(=O)c1c(C)c2cnc(Nc3ccc(N4CCN(CCOc5ccc(CN6CCC(c7ccc8c(c7)CN(C7CCC(=O)N(C)C7=O)C8=O)CC6)cc5)CC4)cn3)nc2n(C2CCCC2)c1=O. The zero-order chi connectivity index (χ0) is 47.1. The third kappa shape index (κ3) is 9.10. The Bertz CT molecular complexity index is 2790. The second-order valence-corrected chi connectivity index (χ2v) is 19.2. The van der Waals surface area contributed by atoms with Crippen LogP contribution in [0.2, 0.25) is 0 Å². The Morgan fingerprint density at radius 3 is 2.32 bits per heavy atom. The van der Waals surface area contributed by atoms with Crippen LogP contribution in [0.15, 0.2) is 71.8 Å². The van der Waals surface area contributed by atoms with E-state index in [2.05, 4.69) is 72.4 Å². The first-order valence-corrected chi connectivity index (χ1v) is 24.3. The van der Waals surface area contributed by atoms with Gasteiger partial charge in [-0.15, -0.1) is 0 Å². The predicted molar refractivity (Wildman–Crippen MR) is 259 cm³/mol. The molecule has 68 heavy (non-hydrogen) atoms. The number of amides is 3. The Balaban J connectivity index is 0.652. The first-order chi connectivity index (χ1) is 33.0. The number of carbonyl (C=O) groups is 4. The number of nitrogens with one attached hydrogen (secondary N) is 1. The van der Waals surface area contributed by atoms with Crippen LogP contribution in [0.5, 0.6) is 5.75 Å². The van der Waals surface area contributed by atoms with Gasteiger partial charge in [0.05, 0.1) is 17.4 Å². The summed E-state index contributed by atoms with van der Waals surface area (Å²) in [4.78, 5) is 88.3. The molecule has 10 rings (SSSR count). The molecule has 4 aliphatic heterocycles. The van der Waals surface area contributed by atoms with Crippen molar-refractivity contribution in [2.24, 2.45) is 0 Å². The molecule has 1 atom stereocenters. The van der Waals surface area contributed by atoms with Crippen LogP contribution >= 0.6 is 0 Å². The molecule has 4 fully saturated rings. The van der Waals surface area contributed by atoms with Crippen molar-refractivity contribution in [2.75, 3.05) is 69.7 Å². The molecule has 0 radical (unpaired) electrons. The number of hydrogen-bond acceptors (Lipinski definition) is 13. The molecule has 16 nitrogen and oxygen atoms in total. The number of imide groups is 1. The van der Waals surface area contributed by atoms with Gasteiger partial charge in [-0.05, 0) is 118 Å². The van der Waals surface area contributed by atoms with E-state index in [-0.39, 0.29) is 47.1 Å². The summed E-state index contributed by atoms with van der Waals surface area (Å²) in [6.07, 6.45) is 10.2. The van der Waals surface area contributed by atoms with Crippen LogP contribution in [0.4, 0.5) is 17.5 Å². The lowest BCUT2D eigenvalue weighted by Crippen LogP contribution is -2.53. The van der Waals surface area contributed by atoms with Crippen LogP contribution in [0, 0.1) is 6.92 Å². The molecule has 3 saturated heterocycles. The lowest BCUT2D eigenvalue weighted by Gasteiger charge is -2.35. The average Bonchev–Trinajstić information content (AvgIpc) is 4.00. The van der Waals surface area contributed by atoms with Gasteiger partial charge in [-0.3, -0.25) is 43.2 Å². The van der Waals surface area contributed by atoms with Gasteiger partial charge in [0.15, 0.2) is 5.78 Å². The zero-order valence-corrected chi connectivity index (χ0v) is 39.3. The smallest absolute Gasteiger partial charge is 0.263 e. The highest BCUT2D eigenvalue weighted by Crippen LogP contribution is 2.35. The summed E-state index contributed by atoms with van der Waals surface area (Å²) in [6, 6.07) is 18.1. The Morgan fingerprint density at radius 1 is 0.838 bits per heavy atom. The second-order valence-electron chi connectivity index (χ2n) is 19.2. The molecular weight excluding hydrogens is 861 g/mol. The summed E-state index contributed by atoms with van der Waals surface area (Å²) in [7, 11) is 1.50. The molecule has 3 aromatic heterocycles. The number of nitrogens with zero attached hydrogens (tertiary/aromatic N) is 9. The molecule has 5 aliphatic rings. The van der Waals surface area contributed by atoms with E-state index in [4.69, 9.17) is 9.72 Å². The van der Waals surface area contributed by atoms with Gasteiger partial charge in [0.25, 0.3) is 17.4 Å². The van der Waals surface area contributed by atoms with E-state index in [0.29, 0.717) is 59.4 Å².